The molecule has 0 fully saturated rings. The van der Waals surface area contributed by atoms with Gasteiger partial charge in [-0.1, -0.05) is 12.1 Å². The molecule has 0 saturated carbocycles. The number of nitrogens with two attached hydrogens (primary N) is 2. The third-order valence-corrected chi connectivity index (χ3v) is 4.13. The Hall–Kier alpha value is -3.89. The summed E-state index contributed by atoms with van der Waals surface area (Å²) in [4.78, 5) is 18.8. The molecule has 1 aromatic heterocycles. The average molecular weight is 435 g/mol. The standard InChI is InChI=1S/C20H17F4N5O2/c21-15-7-11(10-31-17-8-16(20(22,23)24)28-19(26)29-17)1-2-13(15)9-27-18(30)12-3-5-14(25)6-4-12/h1-8H,9-10,25H2,(H,27,30)(H2,26,28,29). The largest absolute Gasteiger partial charge is 0.473 e. The topological polar surface area (TPSA) is 116 Å². The molecule has 5 N–H and O–H groups in total. The van der Waals surface area contributed by atoms with Gasteiger partial charge in [0.15, 0.2) is 5.69 Å². The highest BCUT2D eigenvalue weighted by molar-refractivity contribution is 5.94. The van der Waals surface area contributed by atoms with Crippen molar-refractivity contribution in [3.63, 3.8) is 0 Å². The first-order valence-corrected chi connectivity index (χ1v) is 8.87. The van der Waals surface area contributed by atoms with E-state index in [2.05, 4.69) is 15.3 Å². The minimum atomic E-state index is -4.71. The predicted octanol–water partition coefficient (Wildman–Crippen LogP) is 3.31. The van der Waals surface area contributed by atoms with Crippen LogP contribution in [0.4, 0.5) is 29.2 Å². The maximum atomic E-state index is 14.3. The molecule has 0 aliphatic heterocycles. The van der Waals surface area contributed by atoms with Crippen LogP contribution >= 0.6 is 0 Å². The predicted molar refractivity (Wildman–Crippen MR) is 104 cm³/mol. The van der Waals surface area contributed by atoms with Crippen LogP contribution in [0.5, 0.6) is 5.88 Å². The number of amides is 1. The molecule has 0 aliphatic rings. The molecule has 0 saturated heterocycles. The van der Waals surface area contributed by atoms with Gasteiger partial charge in [0.05, 0.1) is 0 Å². The van der Waals surface area contributed by atoms with Crippen LogP contribution < -0.4 is 21.5 Å². The Kier molecular flexibility index (Phi) is 6.23. The van der Waals surface area contributed by atoms with Crippen molar-refractivity contribution in [1.82, 2.24) is 15.3 Å². The first kappa shape index (κ1) is 21.8. The summed E-state index contributed by atoms with van der Waals surface area (Å²) in [6.07, 6.45) is -4.71. The first-order valence-electron chi connectivity index (χ1n) is 8.87. The lowest BCUT2D eigenvalue weighted by atomic mass is 10.1. The van der Waals surface area contributed by atoms with Gasteiger partial charge in [-0.05, 0) is 35.9 Å². The molecule has 0 aliphatic carbocycles. The molecule has 162 valence electrons. The van der Waals surface area contributed by atoms with Gasteiger partial charge in [-0.15, -0.1) is 0 Å². The number of benzene rings is 2. The van der Waals surface area contributed by atoms with Gasteiger partial charge < -0.3 is 21.5 Å². The van der Waals surface area contributed by atoms with Gasteiger partial charge in [-0.3, -0.25) is 4.79 Å². The van der Waals surface area contributed by atoms with E-state index >= 15 is 0 Å². The summed E-state index contributed by atoms with van der Waals surface area (Å²) in [5.41, 5.74) is 11.1. The molecule has 7 nitrogen and oxygen atoms in total. The number of hydrogen-bond donors (Lipinski definition) is 3. The summed E-state index contributed by atoms with van der Waals surface area (Å²) in [5.74, 6) is -1.99. The summed E-state index contributed by atoms with van der Waals surface area (Å²) in [6.45, 7) is -0.309. The highest BCUT2D eigenvalue weighted by Gasteiger charge is 2.33. The van der Waals surface area contributed by atoms with Crippen LogP contribution in [0.2, 0.25) is 0 Å². The fourth-order valence-electron chi connectivity index (χ4n) is 2.56. The Bertz CT molecular complexity index is 1090. The van der Waals surface area contributed by atoms with Gasteiger partial charge in [-0.2, -0.15) is 18.2 Å². The molecule has 2 aromatic carbocycles. The fourth-order valence-corrected chi connectivity index (χ4v) is 2.56. The van der Waals surface area contributed by atoms with E-state index in [-0.39, 0.29) is 24.6 Å². The molecular formula is C20H17F4N5O2. The van der Waals surface area contributed by atoms with E-state index in [0.29, 0.717) is 22.9 Å². The van der Waals surface area contributed by atoms with Crippen molar-refractivity contribution in [3.8, 4) is 5.88 Å². The SMILES string of the molecule is Nc1ccc(C(=O)NCc2ccc(COc3cc(C(F)(F)F)nc(N)n3)cc2F)cc1. The smallest absolute Gasteiger partial charge is 0.433 e. The van der Waals surface area contributed by atoms with Crippen LogP contribution in [0.25, 0.3) is 0 Å². The van der Waals surface area contributed by atoms with Crippen molar-refractivity contribution in [3.05, 3.63) is 76.7 Å². The van der Waals surface area contributed by atoms with Crippen molar-refractivity contribution >= 4 is 17.5 Å². The van der Waals surface area contributed by atoms with E-state index in [9.17, 15) is 22.4 Å². The van der Waals surface area contributed by atoms with Crippen molar-refractivity contribution in [1.29, 1.82) is 0 Å². The number of hydrogen-bond acceptors (Lipinski definition) is 6. The first-order chi connectivity index (χ1) is 14.6. The van der Waals surface area contributed by atoms with Crippen LogP contribution in [0, 0.1) is 5.82 Å². The van der Waals surface area contributed by atoms with Crippen LogP contribution in [-0.2, 0) is 19.3 Å². The van der Waals surface area contributed by atoms with Crippen molar-refractivity contribution in [2.24, 2.45) is 0 Å². The molecule has 0 unspecified atom stereocenters. The highest BCUT2D eigenvalue weighted by atomic mass is 19.4. The minimum Gasteiger partial charge on any atom is -0.473 e. The molecule has 1 amide bonds. The normalized spacial score (nSPS) is 11.2. The Labute approximate surface area is 174 Å². The van der Waals surface area contributed by atoms with Crippen LogP contribution in [0.3, 0.4) is 0 Å². The number of alkyl halides is 3. The lowest BCUT2D eigenvalue weighted by molar-refractivity contribution is -0.141. The molecule has 11 heteroatoms. The number of aromatic nitrogens is 2. The number of carbonyl (C=O) groups excluding carboxylic acids is 1. The average Bonchev–Trinajstić information content (AvgIpc) is 2.71. The number of halogens is 4. The number of anilines is 2. The monoisotopic (exact) mass is 435 g/mol. The van der Waals surface area contributed by atoms with E-state index in [1.54, 1.807) is 24.3 Å². The van der Waals surface area contributed by atoms with Gasteiger partial charge in [0.25, 0.3) is 5.91 Å². The zero-order chi connectivity index (χ0) is 22.6. The quantitative estimate of drug-likeness (QED) is 0.404. The number of nitrogens with one attached hydrogen (secondary N) is 1. The van der Waals surface area contributed by atoms with E-state index < -0.39 is 29.5 Å². The van der Waals surface area contributed by atoms with Gasteiger partial charge in [0.2, 0.25) is 11.8 Å². The third kappa shape index (κ3) is 5.81. The number of ether oxygens (including phenoxy) is 1. The number of nitrogen functional groups attached to an aromatic ring is 2. The summed E-state index contributed by atoms with van der Waals surface area (Å²) < 4.78 is 57.9. The summed E-state index contributed by atoms with van der Waals surface area (Å²) >= 11 is 0. The molecule has 0 radical (unpaired) electrons. The van der Waals surface area contributed by atoms with E-state index in [1.165, 1.54) is 12.1 Å². The van der Waals surface area contributed by atoms with Gasteiger partial charge >= 0.3 is 6.18 Å². The lowest BCUT2D eigenvalue weighted by Crippen LogP contribution is -2.23. The minimum absolute atomic E-state index is 0.0619. The second-order valence-electron chi connectivity index (χ2n) is 6.47. The molecule has 0 spiro atoms. The molecule has 3 aromatic rings. The highest BCUT2D eigenvalue weighted by Crippen LogP contribution is 2.30. The van der Waals surface area contributed by atoms with Crippen LogP contribution in [-0.4, -0.2) is 15.9 Å². The zero-order valence-electron chi connectivity index (χ0n) is 15.9. The Balaban J connectivity index is 1.61. The van der Waals surface area contributed by atoms with Crippen molar-refractivity contribution < 1.29 is 27.1 Å². The summed E-state index contributed by atoms with van der Waals surface area (Å²) in [7, 11) is 0. The van der Waals surface area contributed by atoms with Gasteiger partial charge in [0, 0.05) is 29.4 Å². The van der Waals surface area contributed by atoms with Gasteiger partial charge in [0.1, 0.15) is 12.4 Å². The number of nitrogens with zero attached hydrogens (tertiary/aromatic N) is 2. The van der Waals surface area contributed by atoms with E-state index in [1.807, 2.05) is 0 Å². The Morgan fingerprint density at radius 2 is 1.74 bits per heavy atom. The lowest BCUT2D eigenvalue weighted by Gasteiger charge is -2.11. The molecular weight excluding hydrogens is 418 g/mol. The summed E-state index contributed by atoms with van der Waals surface area (Å²) in [6, 6.07) is 11.0. The number of carbonyl (C=O) groups is 1. The van der Waals surface area contributed by atoms with Crippen molar-refractivity contribution in [2.75, 3.05) is 11.5 Å². The fraction of sp³-hybridized carbons (Fsp3) is 0.150. The van der Waals surface area contributed by atoms with E-state index in [4.69, 9.17) is 16.2 Å². The number of rotatable bonds is 6. The van der Waals surface area contributed by atoms with Crippen LogP contribution in [0.1, 0.15) is 27.2 Å². The van der Waals surface area contributed by atoms with Crippen molar-refractivity contribution in [2.45, 2.75) is 19.3 Å². The molecule has 0 atom stereocenters. The molecule has 31 heavy (non-hydrogen) atoms. The summed E-state index contributed by atoms with van der Waals surface area (Å²) in [5, 5.41) is 2.59. The second-order valence-corrected chi connectivity index (χ2v) is 6.47. The zero-order valence-corrected chi connectivity index (χ0v) is 15.9. The van der Waals surface area contributed by atoms with E-state index in [0.717, 1.165) is 6.07 Å². The second kappa shape index (κ2) is 8.86. The molecule has 1 heterocycles. The Morgan fingerprint density at radius 1 is 1.03 bits per heavy atom. The molecule has 3 rings (SSSR count). The maximum absolute atomic E-state index is 14.3. The third-order valence-electron chi connectivity index (χ3n) is 4.13. The van der Waals surface area contributed by atoms with Crippen LogP contribution in [0.15, 0.2) is 48.5 Å². The Morgan fingerprint density at radius 3 is 2.39 bits per heavy atom. The van der Waals surface area contributed by atoms with Gasteiger partial charge in [-0.25, -0.2) is 9.37 Å². The maximum Gasteiger partial charge on any atom is 0.433 e. The molecule has 0 bridgehead atoms.